The van der Waals surface area contributed by atoms with Crippen LogP contribution in [-0.4, -0.2) is 4.92 Å². The first-order valence-corrected chi connectivity index (χ1v) is 6.19. The summed E-state index contributed by atoms with van der Waals surface area (Å²) < 4.78 is 0. The van der Waals surface area contributed by atoms with Gasteiger partial charge in [0, 0.05) is 22.2 Å². The van der Waals surface area contributed by atoms with Crippen molar-refractivity contribution in [3.63, 3.8) is 0 Å². The second-order valence-electron chi connectivity index (χ2n) is 4.03. The minimum absolute atomic E-state index is 0.0834. The zero-order chi connectivity index (χ0) is 14.0. The lowest BCUT2D eigenvalue weighted by atomic mass is 9.99. The van der Waals surface area contributed by atoms with Crippen molar-refractivity contribution in [2.24, 2.45) is 5.73 Å². The summed E-state index contributed by atoms with van der Waals surface area (Å²) in [6, 6.07) is 10.8. The van der Waals surface area contributed by atoms with Crippen LogP contribution in [0.2, 0.25) is 10.0 Å². The number of nitro benzene ring substituents is 1. The number of non-ortho nitro benzene ring substituents is 1. The fourth-order valence-electron chi connectivity index (χ4n) is 1.77. The van der Waals surface area contributed by atoms with Crippen molar-refractivity contribution in [2.75, 3.05) is 0 Å². The summed E-state index contributed by atoms with van der Waals surface area (Å²) in [4.78, 5) is 10.3. The largest absolute Gasteiger partial charge is 0.320 e. The molecule has 0 radical (unpaired) electrons. The summed E-state index contributed by atoms with van der Waals surface area (Å²) in [5.74, 6) is 0. The van der Waals surface area contributed by atoms with Crippen LogP contribution in [0.5, 0.6) is 0 Å². The van der Waals surface area contributed by atoms with E-state index in [-0.39, 0.29) is 10.7 Å². The summed E-state index contributed by atoms with van der Waals surface area (Å²) in [5.41, 5.74) is 7.34. The Labute approximate surface area is 119 Å². The molecule has 2 aromatic rings. The lowest BCUT2D eigenvalue weighted by molar-refractivity contribution is -0.384. The molecule has 0 aromatic heterocycles. The van der Waals surface area contributed by atoms with E-state index >= 15 is 0 Å². The predicted octanol–water partition coefficient (Wildman–Crippen LogP) is 3.95. The van der Waals surface area contributed by atoms with Gasteiger partial charge in [-0.05, 0) is 29.3 Å². The number of hydrogen-bond acceptors (Lipinski definition) is 3. The molecular formula is C13H10Cl2N2O2. The molecule has 19 heavy (non-hydrogen) atoms. The van der Waals surface area contributed by atoms with Crippen LogP contribution in [-0.2, 0) is 0 Å². The van der Waals surface area contributed by atoms with Gasteiger partial charge in [-0.3, -0.25) is 10.1 Å². The molecule has 6 heteroatoms. The molecule has 2 aromatic carbocycles. The van der Waals surface area contributed by atoms with Crippen LogP contribution in [0.25, 0.3) is 0 Å². The lowest BCUT2D eigenvalue weighted by Crippen LogP contribution is -2.12. The number of nitro groups is 1. The molecule has 4 nitrogen and oxygen atoms in total. The number of halogens is 2. The van der Waals surface area contributed by atoms with Gasteiger partial charge in [0.25, 0.3) is 5.69 Å². The number of hydrogen-bond donors (Lipinski definition) is 1. The van der Waals surface area contributed by atoms with Crippen molar-refractivity contribution in [3.05, 3.63) is 73.8 Å². The second kappa shape index (κ2) is 5.57. The molecule has 0 aliphatic heterocycles. The molecule has 0 amide bonds. The Kier molecular flexibility index (Phi) is 4.04. The minimum Gasteiger partial charge on any atom is -0.320 e. The maximum atomic E-state index is 10.8. The molecule has 0 aliphatic carbocycles. The van der Waals surface area contributed by atoms with Gasteiger partial charge in [0.05, 0.1) is 11.0 Å². The predicted molar refractivity (Wildman–Crippen MR) is 75.6 cm³/mol. The highest BCUT2D eigenvalue weighted by atomic mass is 35.5. The summed E-state index contributed by atoms with van der Waals surface area (Å²) in [5, 5.41) is 11.6. The van der Waals surface area contributed by atoms with Crippen molar-refractivity contribution in [3.8, 4) is 0 Å². The van der Waals surface area contributed by atoms with Gasteiger partial charge in [-0.15, -0.1) is 0 Å². The Bertz CT molecular complexity index is 632. The topological polar surface area (TPSA) is 69.2 Å². The molecule has 0 aliphatic rings. The second-order valence-corrected chi connectivity index (χ2v) is 4.91. The zero-order valence-electron chi connectivity index (χ0n) is 9.72. The molecule has 98 valence electrons. The number of rotatable bonds is 3. The number of benzene rings is 2. The fourth-order valence-corrected chi connectivity index (χ4v) is 2.21. The van der Waals surface area contributed by atoms with Crippen molar-refractivity contribution < 1.29 is 4.92 Å². The third-order valence-corrected chi connectivity index (χ3v) is 3.14. The molecule has 0 fully saturated rings. The van der Waals surface area contributed by atoms with Gasteiger partial charge in [0.1, 0.15) is 0 Å². The number of nitrogens with two attached hydrogens (primary N) is 1. The molecule has 2 rings (SSSR count). The smallest absolute Gasteiger partial charge is 0.271 e. The first kappa shape index (κ1) is 13.8. The standard InChI is InChI=1S/C13H10Cl2N2O2/c14-10-3-1-2-8(4-10)13(16)9-5-11(15)7-12(6-9)17(18)19/h1-7,13H,16H2. The maximum absolute atomic E-state index is 10.8. The van der Waals surface area contributed by atoms with E-state index in [0.717, 1.165) is 5.56 Å². The molecule has 2 N–H and O–H groups in total. The summed E-state index contributed by atoms with van der Waals surface area (Å²) in [6.07, 6.45) is 0. The van der Waals surface area contributed by atoms with Crippen LogP contribution < -0.4 is 5.73 Å². The monoisotopic (exact) mass is 296 g/mol. The molecular weight excluding hydrogens is 287 g/mol. The van der Waals surface area contributed by atoms with Crippen LogP contribution in [0.1, 0.15) is 17.2 Å². The quantitative estimate of drug-likeness (QED) is 0.689. The van der Waals surface area contributed by atoms with Gasteiger partial charge >= 0.3 is 0 Å². The average molecular weight is 297 g/mol. The van der Waals surface area contributed by atoms with E-state index in [2.05, 4.69) is 0 Å². The molecule has 1 unspecified atom stereocenters. The van der Waals surface area contributed by atoms with E-state index in [1.807, 2.05) is 6.07 Å². The maximum Gasteiger partial charge on any atom is 0.271 e. The summed E-state index contributed by atoms with van der Waals surface area (Å²) in [7, 11) is 0. The highest BCUT2D eigenvalue weighted by molar-refractivity contribution is 6.31. The molecule has 0 bridgehead atoms. The summed E-state index contributed by atoms with van der Waals surface area (Å²) in [6.45, 7) is 0. The van der Waals surface area contributed by atoms with Crippen molar-refractivity contribution in [1.29, 1.82) is 0 Å². The van der Waals surface area contributed by atoms with Crippen LogP contribution in [0.15, 0.2) is 42.5 Å². The molecule has 0 saturated heterocycles. The fraction of sp³-hybridized carbons (Fsp3) is 0.0769. The van der Waals surface area contributed by atoms with Crippen molar-refractivity contribution in [1.82, 2.24) is 0 Å². The Morgan fingerprint density at radius 2 is 1.74 bits per heavy atom. The zero-order valence-corrected chi connectivity index (χ0v) is 11.2. The van der Waals surface area contributed by atoms with Crippen LogP contribution in [0, 0.1) is 10.1 Å². The van der Waals surface area contributed by atoms with E-state index in [4.69, 9.17) is 28.9 Å². The first-order chi connectivity index (χ1) is 8.97. The van der Waals surface area contributed by atoms with E-state index < -0.39 is 11.0 Å². The van der Waals surface area contributed by atoms with Gasteiger partial charge in [-0.1, -0.05) is 35.3 Å². The highest BCUT2D eigenvalue weighted by Gasteiger charge is 2.15. The van der Waals surface area contributed by atoms with Gasteiger partial charge < -0.3 is 5.73 Å². The molecule has 0 saturated carbocycles. The molecule has 1 atom stereocenters. The van der Waals surface area contributed by atoms with Crippen molar-refractivity contribution >= 4 is 28.9 Å². The van der Waals surface area contributed by atoms with Crippen LogP contribution in [0.4, 0.5) is 5.69 Å². The van der Waals surface area contributed by atoms with Gasteiger partial charge in [0.2, 0.25) is 0 Å². The molecule has 0 heterocycles. The van der Waals surface area contributed by atoms with Crippen molar-refractivity contribution in [2.45, 2.75) is 6.04 Å². The van der Waals surface area contributed by atoms with Gasteiger partial charge in [0.15, 0.2) is 0 Å². The van der Waals surface area contributed by atoms with Crippen LogP contribution in [0.3, 0.4) is 0 Å². The van der Waals surface area contributed by atoms with Gasteiger partial charge in [-0.25, -0.2) is 0 Å². The Hall–Kier alpha value is -1.62. The average Bonchev–Trinajstić information content (AvgIpc) is 2.37. The van der Waals surface area contributed by atoms with E-state index in [9.17, 15) is 10.1 Å². The Morgan fingerprint density at radius 3 is 2.37 bits per heavy atom. The Morgan fingerprint density at radius 1 is 1.05 bits per heavy atom. The Balaban J connectivity index is 2.43. The lowest BCUT2D eigenvalue weighted by Gasteiger charge is -2.13. The number of nitrogens with zero attached hydrogens (tertiary/aromatic N) is 1. The third-order valence-electron chi connectivity index (χ3n) is 2.68. The first-order valence-electron chi connectivity index (χ1n) is 5.43. The van der Waals surface area contributed by atoms with E-state index in [0.29, 0.717) is 10.6 Å². The third kappa shape index (κ3) is 3.23. The van der Waals surface area contributed by atoms with E-state index in [1.54, 1.807) is 24.3 Å². The van der Waals surface area contributed by atoms with Gasteiger partial charge in [-0.2, -0.15) is 0 Å². The molecule has 0 spiro atoms. The van der Waals surface area contributed by atoms with Crippen LogP contribution >= 0.6 is 23.2 Å². The minimum atomic E-state index is -0.518. The SMILES string of the molecule is NC(c1cccc(Cl)c1)c1cc(Cl)cc([N+](=O)[O-])c1. The highest BCUT2D eigenvalue weighted by Crippen LogP contribution is 2.28. The summed E-state index contributed by atoms with van der Waals surface area (Å²) >= 11 is 11.8. The normalized spacial score (nSPS) is 12.2. The van der Waals surface area contributed by atoms with E-state index in [1.165, 1.54) is 12.1 Å².